The highest BCUT2D eigenvalue weighted by Crippen LogP contribution is 2.24. The smallest absolute Gasteiger partial charge is 0.0426 e. The minimum Gasteiger partial charge on any atom is -0.323 e. The summed E-state index contributed by atoms with van der Waals surface area (Å²) < 4.78 is 0. The van der Waals surface area contributed by atoms with E-state index in [1.165, 1.54) is 24.2 Å². The lowest BCUT2D eigenvalue weighted by Crippen LogP contribution is -2.31. The number of nitrogens with two attached hydrogens (primary N) is 1. The molecule has 0 saturated carbocycles. The number of hydrogen-bond donors (Lipinski definition) is 1. The maximum Gasteiger partial charge on any atom is 0.0426 e. The van der Waals surface area contributed by atoms with Gasteiger partial charge in [-0.05, 0) is 29.9 Å². The van der Waals surface area contributed by atoms with E-state index in [9.17, 15) is 0 Å². The molecule has 1 fully saturated rings. The lowest BCUT2D eigenvalue weighted by Gasteiger charge is -2.22. The van der Waals surface area contributed by atoms with Gasteiger partial charge in [0, 0.05) is 25.7 Å². The summed E-state index contributed by atoms with van der Waals surface area (Å²) in [6.45, 7) is 10.2. The standard InChI is InChI=1S/C15H24N2/c1-11-6-4-5-7-14(11)15(16)10-17-8-12(2)13(3)9-17/h4-7,12-13,15H,8-10,16H2,1-3H3. The zero-order valence-electron chi connectivity index (χ0n) is 11.2. The molecular formula is C15H24N2. The van der Waals surface area contributed by atoms with Gasteiger partial charge in [0.2, 0.25) is 0 Å². The second-order valence-electron chi connectivity index (χ2n) is 5.64. The van der Waals surface area contributed by atoms with Gasteiger partial charge in [0.1, 0.15) is 0 Å². The van der Waals surface area contributed by atoms with Crippen LogP contribution >= 0.6 is 0 Å². The molecule has 0 amide bonds. The molecule has 2 heteroatoms. The maximum atomic E-state index is 6.32. The first-order valence-corrected chi connectivity index (χ1v) is 6.61. The van der Waals surface area contributed by atoms with Gasteiger partial charge in [-0.3, -0.25) is 0 Å². The first kappa shape index (κ1) is 12.6. The molecule has 0 aliphatic carbocycles. The van der Waals surface area contributed by atoms with Gasteiger partial charge in [0.25, 0.3) is 0 Å². The molecule has 1 aromatic carbocycles. The van der Waals surface area contributed by atoms with E-state index >= 15 is 0 Å². The Labute approximate surface area is 105 Å². The van der Waals surface area contributed by atoms with E-state index in [0.29, 0.717) is 0 Å². The van der Waals surface area contributed by atoms with E-state index in [4.69, 9.17) is 5.73 Å². The van der Waals surface area contributed by atoms with Gasteiger partial charge < -0.3 is 10.6 Å². The second-order valence-corrected chi connectivity index (χ2v) is 5.64. The minimum absolute atomic E-state index is 0.147. The fraction of sp³-hybridized carbons (Fsp3) is 0.600. The van der Waals surface area contributed by atoms with Crippen LogP contribution in [0.3, 0.4) is 0 Å². The second kappa shape index (κ2) is 5.19. The number of hydrogen-bond acceptors (Lipinski definition) is 2. The van der Waals surface area contributed by atoms with E-state index in [-0.39, 0.29) is 6.04 Å². The Balaban J connectivity index is 1.98. The predicted octanol–water partition coefficient (Wildman–Crippen LogP) is 2.58. The molecule has 1 aliphatic rings. The highest BCUT2D eigenvalue weighted by molar-refractivity contribution is 5.28. The van der Waals surface area contributed by atoms with Crippen LogP contribution in [0.25, 0.3) is 0 Å². The van der Waals surface area contributed by atoms with Crippen molar-refractivity contribution in [2.24, 2.45) is 17.6 Å². The van der Waals surface area contributed by atoms with Crippen molar-refractivity contribution >= 4 is 0 Å². The molecule has 2 nitrogen and oxygen atoms in total. The van der Waals surface area contributed by atoms with Gasteiger partial charge in [-0.25, -0.2) is 0 Å². The average molecular weight is 232 g/mol. The lowest BCUT2D eigenvalue weighted by atomic mass is 10.0. The number of aryl methyl sites for hydroxylation is 1. The number of rotatable bonds is 3. The third-order valence-corrected chi connectivity index (χ3v) is 4.11. The van der Waals surface area contributed by atoms with Crippen molar-refractivity contribution in [1.82, 2.24) is 4.90 Å². The quantitative estimate of drug-likeness (QED) is 0.868. The first-order chi connectivity index (χ1) is 8.08. The molecule has 1 saturated heterocycles. The Kier molecular flexibility index (Phi) is 3.85. The Bertz CT molecular complexity index is 365. The molecule has 94 valence electrons. The third kappa shape index (κ3) is 2.88. The van der Waals surface area contributed by atoms with E-state index in [0.717, 1.165) is 18.4 Å². The number of benzene rings is 1. The summed E-state index contributed by atoms with van der Waals surface area (Å²) >= 11 is 0. The maximum absolute atomic E-state index is 6.32. The van der Waals surface area contributed by atoms with Crippen LogP contribution < -0.4 is 5.73 Å². The largest absolute Gasteiger partial charge is 0.323 e. The Morgan fingerprint density at radius 2 is 1.82 bits per heavy atom. The van der Waals surface area contributed by atoms with Gasteiger partial charge >= 0.3 is 0 Å². The van der Waals surface area contributed by atoms with Crippen LogP contribution in [0.4, 0.5) is 0 Å². The number of nitrogens with zero attached hydrogens (tertiary/aromatic N) is 1. The van der Waals surface area contributed by atoms with Gasteiger partial charge in [0.05, 0.1) is 0 Å². The highest BCUT2D eigenvalue weighted by atomic mass is 15.2. The molecule has 3 atom stereocenters. The molecule has 2 N–H and O–H groups in total. The van der Waals surface area contributed by atoms with Gasteiger partial charge in [0.15, 0.2) is 0 Å². The minimum atomic E-state index is 0.147. The van der Waals surface area contributed by atoms with Crippen molar-refractivity contribution in [2.45, 2.75) is 26.8 Å². The van der Waals surface area contributed by atoms with Crippen LogP contribution in [0.2, 0.25) is 0 Å². The Morgan fingerprint density at radius 3 is 2.41 bits per heavy atom. The van der Waals surface area contributed by atoms with Crippen LogP contribution in [-0.4, -0.2) is 24.5 Å². The van der Waals surface area contributed by atoms with Crippen molar-refractivity contribution < 1.29 is 0 Å². The molecule has 1 aromatic rings. The summed E-state index contributed by atoms with van der Waals surface area (Å²) in [5.74, 6) is 1.61. The molecule has 0 radical (unpaired) electrons. The van der Waals surface area contributed by atoms with Crippen LogP contribution in [0.5, 0.6) is 0 Å². The van der Waals surface area contributed by atoms with Crippen LogP contribution in [0.15, 0.2) is 24.3 Å². The molecule has 3 unspecified atom stereocenters. The normalized spacial score (nSPS) is 27.3. The zero-order chi connectivity index (χ0) is 12.4. The van der Waals surface area contributed by atoms with Crippen molar-refractivity contribution in [3.63, 3.8) is 0 Å². The first-order valence-electron chi connectivity index (χ1n) is 6.61. The van der Waals surface area contributed by atoms with Crippen molar-refractivity contribution in [3.05, 3.63) is 35.4 Å². The molecule has 2 rings (SSSR count). The van der Waals surface area contributed by atoms with Crippen molar-refractivity contribution in [3.8, 4) is 0 Å². The lowest BCUT2D eigenvalue weighted by molar-refractivity contribution is 0.302. The molecule has 0 aromatic heterocycles. The molecule has 1 heterocycles. The summed E-state index contributed by atoms with van der Waals surface area (Å²) in [6.07, 6.45) is 0. The van der Waals surface area contributed by atoms with E-state index in [1.807, 2.05) is 0 Å². The van der Waals surface area contributed by atoms with E-state index < -0.39 is 0 Å². The van der Waals surface area contributed by atoms with Crippen LogP contribution in [0, 0.1) is 18.8 Å². The summed E-state index contributed by atoms with van der Waals surface area (Å²) in [6, 6.07) is 8.60. The SMILES string of the molecule is Cc1ccccc1C(N)CN1CC(C)C(C)C1. The summed E-state index contributed by atoms with van der Waals surface area (Å²) in [5, 5.41) is 0. The fourth-order valence-electron chi connectivity index (χ4n) is 2.78. The van der Waals surface area contributed by atoms with Crippen molar-refractivity contribution in [1.29, 1.82) is 0 Å². The van der Waals surface area contributed by atoms with Crippen molar-refractivity contribution in [2.75, 3.05) is 19.6 Å². The van der Waals surface area contributed by atoms with Crippen LogP contribution in [0.1, 0.15) is 31.0 Å². The third-order valence-electron chi connectivity index (χ3n) is 4.11. The summed E-state index contributed by atoms with van der Waals surface area (Å²) in [4.78, 5) is 2.51. The molecular weight excluding hydrogens is 208 g/mol. The molecule has 17 heavy (non-hydrogen) atoms. The van der Waals surface area contributed by atoms with Gasteiger partial charge in [-0.1, -0.05) is 38.1 Å². The number of likely N-dealkylation sites (tertiary alicyclic amines) is 1. The van der Waals surface area contributed by atoms with Gasteiger partial charge in [-0.15, -0.1) is 0 Å². The molecule has 0 spiro atoms. The monoisotopic (exact) mass is 232 g/mol. The summed E-state index contributed by atoms with van der Waals surface area (Å²) in [5.41, 5.74) is 8.92. The van der Waals surface area contributed by atoms with Gasteiger partial charge in [-0.2, -0.15) is 0 Å². The topological polar surface area (TPSA) is 29.3 Å². The molecule has 0 bridgehead atoms. The Morgan fingerprint density at radius 1 is 1.24 bits per heavy atom. The zero-order valence-corrected chi connectivity index (χ0v) is 11.2. The molecule has 1 aliphatic heterocycles. The highest BCUT2D eigenvalue weighted by Gasteiger charge is 2.27. The fourth-order valence-corrected chi connectivity index (χ4v) is 2.78. The van der Waals surface area contributed by atoms with E-state index in [2.05, 4.69) is 49.9 Å². The summed E-state index contributed by atoms with van der Waals surface area (Å²) in [7, 11) is 0. The average Bonchev–Trinajstić information content (AvgIpc) is 2.58. The van der Waals surface area contributed by atoms with Crippen LogP contribution in [-0.2, 0) is 0 Å². The van der Waals surface area contributed by atoms with E-state index in [1.54, 1.807) is 0 Å². The predicted molar refractivity (Wildman–Crippen MR) is 72.9 cm³/mol. The Hall–Kier alpha value is -0.860.